The lowest BCUT2D eigenvalue weighted by Gasteiger charge is -2.08. The molecular formula is C26H22BrN3O2. The normalized spacial score (nSPS) is 11.2. The summed E-state index contributed by atoms with van der Waals surface area (Å²) in [5.41, 5.74) is 4.28. The van der Waals surface area contributed by atoms with Crippen LogP contribution in [0.2, 0.25) is 0 Å². The standard InChI is InChI=1S/C26H22BrN3O2/c27-20-12-14-21(15-13-20)29-25(31)10-5-11-26(32)30-28-17-24-22-8-3-1-6-18(22)16-19-7-2-4-9-23(19)24/h1-4,6-9,12-17H,5,10-11H2,(H,29,31)(H,30,32). The zero-order valence-electron chi connectivity index (χ0n) is 17.3. The average Bonchev–Trinajstić information content (AvgIpc) is 2.80. The van der Waals surface area contributed by atoms with E-state index in [4.69, 9.17) is 0 Å². The minimum absolute atomic E-state index is 0.120. The Morgan fingerprint density at radius 1 is 0.812 bits per heavy atom. The molecule has 0 aliphatic rings. The van der Waals surface area contributed by atoms with E-state index in [1.807, 2.05) is 48.5 Å². The Morgan fingerprint density at radius 3 is 2.06 bits per heavy atom. The molecule has 5 nitrogen and oxygen atoms in total. The number of carbonyl (C=O) groups excluding carboxylic acids is 2. The summed E-state index contributed by atoms with van der Waals surface area (Å²) in [4.78, 5) is 24.2. The highest BCUT2D eigenvalue weighted by Gasteiger charge is 2.07. The van der Waals surface area contributed by atoms with Crippen LogP contribution in [0.1, 0.15) is 24.8 Å². The Morgan fingerprint density at radius 2 is 1.41 bits per heavy atom. The van der Waals surface area contributed by atoms with Crippen molar-refractivity contribution in [3.05, 3.63) is 88.9 Å². The third-order valence-electron chi connectivity index (χ3n) is 5.13. The van der Waals surface area contributed by atoms with Gasteiger partial charge in [0.05, 0.1) is 6.21 Å². The monoisotopic (exact) mass is 487 g/mol. The maximum atomic E-state index is 12.2. The molecule has 0 aliphatic heterocycles. The fourth-order valence-electron chi connectivity index (χ4n) is 3.58. The number of hydrazone groups is 1. The summed E-state index contributed by atoms with van der Waals surface area (Å²) in [6.45, 7) is 0. The highest BCUT2D eigenvalue weighted by molar-refractivity contribution is 9.10. The van der Waals surface area contributed by atoms with Crippen LogP contribution < -0.4 is 10.7 Å². The predicted octanol–water partition coefficient (Wildman–Crippen LogP) is 6.01. The number of hydrogen-bond donors (Lipinski definition) is 2. The van der Waals surface area contributed by atoms with Gasteiger partial charge in [0.2, 0.25) is 11.8 Å². The Hall–Kier alpha value is -3.51. The number of hydrogen-bond acceptors (Lipinski definition) is 3. The van der Waals surface area contributed by atoms with Crippen LogP contribution in [0.4, 0.5) is 5.69 Å². The average molecular weight is 488 g/mol. The van der Waals surface area contributed by atoms with E-state index in [2.05, 4.69) is 62.1 Å². The first-order chi connectivity index (χ1) is 15.6. The second kappa shape index (κ2) is 10.2. The fraction of sp³-hybridized carbons (Fsp3) is 0.115. The number of halogens is 1. The van der Waals surface area contributed by atoms with Crippen molar-refractivity contribution in [2.75, 3.05) is 5.32 Å². The van der Waals surface area contributed by atoms with E-state index in [1.165, 1.54) is 0 Å². The summed E-state index contributed by atoms with van der Waals surface area (Å²) in [7, 11) is 0. The molecule has 160 valence electrons. The van der Waals surface area contributed by atoms with Crippen molar-refractivity contribution >= 4 is 61.2 Å². The smallest absolute Gasteiger partial charge is 0.240 e. The topological polar surface area (TPSA) is 70.6 Å². The van der Waals surface area contributed by atoms with Crippen molar-refractivity contribution in [3.8, 4) is 0 Å². The number of anilines is 1. The van der Waals surface area contributed by atoms with Crippen molar-refractivity contribution in [3.63, 3.8) is 0 Å². The zero-order chi connectivity index (χ0) is 22.3. The third kappa shape index (κ3) is 5.39. The van der Waals surface area contributed by atoms with Crippen LogP contribution in [0.15, 0.2) is 88.4 Å². The molecule has 0 aliphatic carbocycles. The second-order valence-electron chi connectivity index (χ2n) is 7.43. The van der Waals surface area contributed by atoms with E-state index in [1.54, 1.807) is 6.21 Å². The van der Waals surface area contributed by atoms with Gasteiger partial charge in [0.15, 0.2) is 0 Å². The highest BCUT2D eigenvalue weighted by Crippen LogP contribution is 2.27. The van der Waals surface area contributed by atoms with Gasteiger partial charge in [0.1, 0.15) is 0 Å². The van der Waals surface area contributed by atoms with Crippen molar-refractivity contribution < 1.29 is 9.59 Å². The molecule has 0 heterocycles. The largest absolute Gasteiger partial charge is 0.326 e. The summed E-state index contributed by atoms with van der Waals surface area (Å²) in [6, 6.07) is 25.7. The van der Waals surface area contributed by atoms with Gasteiger partial charge in [-0.15, -0.1) is 0 Å². The van der Waals surface area contributed by atoms with Crippen LogP contribution in [0.5, 0.6) is 0 Å². The molecule has 0 unspecified atom stereocenters. The summed E-state index contributed by atoms with van der Waals surface area (Å²) in [5, 5.41) is 11.4. The maximum absolute atomic E-state index is 12.2. The molecule has 0 atom stereocenters. The number of nitrogens with zero attached hydrogens (tertiary/aromatic N) is 1. The second-order valence-corrected chi connectivity index (χ2v) is 8.35. The molecule has 2 N–H and O–H groups in total. The van der Waals surface area contributed by atoms with Gasteiger partial charge in [-0.05, 0) is 58.3 Å². The van der Waals surface area contributed by atoms with Crippen LogP contribution in [0.3, 0.4) is 0 Å². The van der Waals surface area contributed by atoms with Crippen LogP contribution in [-0.2, 0) is 9.59 Å². The Bertz CT molecular complexity index is 1250. The lowest BCUT2D eigenvalue weighted by atomic mass is 9.97. The van der Waals surface area contributed by atoms with Gasteiger partial charge in [0, 0.05) is 28.6 Å². The minimum Gasteiger partial charge on any atom is -0.326 e. The number of benzene rings is 4. The van der Waals surface area contributed by atoms with Crippen molar-refractivity contribution in [2.45, 2.75) is 19.3 Å². The molecule has 4 aromatic carbocycles. The number of rotatable bonds is 7. The molecule has 0 saturated carbocycles. The summed E-state index contributed by atoms with van der Waals surface area (Å²) in [6.07, 6.45) is 2.63. The van der Waals surface area contributed by atoms with Gasteiger partial charge in [-0.2, -0.15) is 5.10 Å². The molecule has 0 aromatic heterocycles. The molecule has 0 saturated heterocycles. The van der Waals surface area contributed by atoms with Crippen molar-refractivity contribution in [1.29, 1.82) is 0 Å². The van der Waals surface area contributed by atoms with Crippen molar-refractivity contribution in [1.82, 2.24) is 5.43 Å². The van der Waals surface area contributed by atoms with Crippen LogP contribution in [0.25, 0.3) is 21.5 Å². The van der Waals surface area contributed by atoms with Gasteiger partial charge in [-0.1, -0.05) is 64.5 Å². The van der Waals surface area contributed by atoms with E-state index < -0.39 is 0 Å². The number of fused-ring (bicyclic) bond motifs is 2. The Balaban J connectivity index is 1.34. The number of carbonyl (C=O) groups is 2. The first-order valence-corrected chi connectivity index (χ1v) is 11.2. The Labute approximate surface area is 194 Å². The molecule has 0 radical (unpaired) electrons. The molecule has 4 aromatic rings. The molecule has 0 fully saturated rings. The molecular weight excluding hydrogens is 466 g/mol. The number of nitrogens with one attached hydrogen (secondary N) is 2. The van der Waals surface area contributed by atoms with E-state index in [0.717, 1.165) is 37.3 Å². The quantitative estimate of drug-likeness (QED) is 0.190. The zero-order valence-corrected chi connectivity index (χ0v) is 18.9. The minimum atomic E-state index is -0.220. The lowest BCUT2D eigenvalue weighted by molar-refractivity contribution is -0.121. The van der Waals surface area contributed by atoms with Crippen LogP contribution in [0, 0.1) is 0 Å². The maximum Gasteiger partial charge on any atom is 0.240 e. The Kier molecular flexibility index (Phi) is 6.92. The highest BCUT2D eigenvalue weighted by atomic mass is 79.9. The molecule has 6 heteroatoms. The van der Waals surface area contributed by atoms with Crippen LogP contribution in [-0.4, -0.2) is 18.0 Å². The fourth-order valence-corrected chi connectivity index (χ4v) is 3.84. The third-order valence-corrected chi connectivity index (χ3v) is 5.66. The van der Waals surface area contributed by atoms with Crippen LogP contribution >= 0.6 is 15.9 Å². The summed E-state index contributed by atoms with van der Waals surface area (Å²) < 4.78 is 0.948. The lowest BCUT2D eigenvalue weighted by Crippen LogP contribution is -2.18. The van der Waals surface area contributed by atoms with Gasteiger partial charge in [-0.3, -0.25) is 9.59 Å². The van der Waals surface area contributed by atoms with E-state index in [0.29, 0.717) is 6.42 Å². The summed E-state index contributed by atoms with van der Waals surface area (Å²) in [5.74, 6) is -0.340. The molecule has 0 bridgehead atoms. The molecule has 2 amide bonds. The van der Waals surface area contributed by atoms with E-state index in [-0.39, 0.29) is 24.7 Å². The van der Waals surface area contributed by atoms with E-state index in [9.17, 15) is 9.59 Å². The first kappa shape index (κ1) is 21.7. The SMILES string of the molecule is O=C(CCCC(=O)Nc1ccc(Br)cc1)NN=Cc1c2ccccc2cc2ccccc12. The molecule has 32 heavy (non-hydrogen) atoms. The van der Waals surface area contributed by atoms with Gasteiger partial charge in [0.25, 0.3) is 0 Å². The molecule has 4 rings (SSSR count). The van der Waals surface area contributed by atoms with Gasteiger partial charge >= 0.3 is 0 Å². The number of amides is 2. The van der Waals surface area contributed by atoms with Crippen molar-refractivity contribution in [2.24, 2.45) is 5.10 Å². The first-order valence-electron chi connectivity index (χ1n) is 10.4. The van der Waals surface area contributed by atoms with Gasteiger partial charge in [-0.25, -0.2) is 5.43 Å². The van der Waals surface area contributed by atoms with E-state index >= 15 is 0 Å². The van der Waals surface area contributed by atoms with Gasteiger partial charge < -0.3 is 5.32 Å². The summed E-state index contributed by atoms with van der Waals surface area (Å²) >= 11 is 3.36. The predicted molar refractivity (Wildman–Crippen MR) is 134 cm³/mol. The molecule has 0 spiro atoms.